The van der Waals surface area contributed by atoms with Gasteiger partial charge >= 0.3 is 0 Å². The van der Waals surface area contributed by atoms with E-state index in [0.717, 1.165) is 11.5 Å². The minimum absolute atomic E-state index is 0.179. The lowest BCUT2D eigenvalue weighted by Gasteiger charge is -2.16. The fourth-order valence-electron chi connectivity index (χ4n) is 1.63. The van der Waals surface area contributed by atoms with E-state index >= 15 is 0 Å². The second kappa shape index (κ2) is 5.23. The number of halogens is 1. The number of carbonyl (C=O) groups is 1. The van der Waals surface area contributed by atoms with Crippen molar-refractivity contribution in [2.75, 3.05) is 7.05 Å². The monoisotopic (exact) mass is 264 g/mol. The maximum atomic E-state index is 12.1. The van der Waals surface area contributed by atoms with Gasteiger partial charge in [0, 0.05) is 13.2 Å². The van der Waals surface area contributed by atoms with E-state index < -0.39 is 0 Å². The summed E-state index contributed by atoms with van der Waals surface area (Å²) in [5, 5.41) is 0.213. The number of carbonyl (C=O) groups excluding carboxylic acids is 1. The third-order valence-electron chi connectivity index (χ3n) is 2.53. The number of furan rings is 1. The average molecular weight is 265 g/mol. The van der Waals surface area contributed by atoms with Crippen molar-refractivity contribution in [2.24, 2.45) is 0 Å². The highest BCUT2D eigenvalue weighted by atomic mass is 35.5. The van der Waals surface area contributed by atoms with Crippen LogP contribution in [-0.2, 0) is 6.54 Å². The zero-order valence-corrected chi connectivity index (χ0v) is 10.9. The molecule has 2 heterocycles. The number of aryl methyl sites for hydroxylation is 1. The van der Waals surface area contributed by atoms with Crippen LogP contribution >= 0.6 is 11.6 Å². The Kier molecular flexibility index (Phi) is 3.67. The first-order valence-electron chi connectivity index (χ1n) is 5.49. The first-order chi connectivity index (χ1) is 8.58. The van der Waals surface area contributed by atoms with Crippen molar-refractivity contribution in [3.05, 3.63) is 52.7 Å². The van der Waals surface area contributed by atoms with E-state index in [1.165, 1.54) is 0 Å². The topological polar surface area (TPSA) is 46.3 Å². The highest BCUT2D eigenvalue weighted by molar-refractivity contribution is 6.32. The van der Waals surface area contributed by atoms with Crippen LogP contribution in [0.25, 0.3) is 0 Å². The molecule has 18 heavy (non-hydrogen) atoms. The Labute approximate surface area is 110 Å². The van der Waals surface area contributed by atoms with Crippen molar-refractivity contribution >= 4 is 17.5 Å². The quantitative estimate of drug-likeness (QED) is 0.801. The van der Waals surface area contributed by atoms with Crippen LogP contribution < -0.4 is 0 Å². The predicted molar refractivity (Wildman–Crippen MR) is 68.5 cm³/mol. The molecule has 0 bridgehead atoms. The maximum absolute atomic E-state index is 12.1. The number of rotatable bonds is 3. The Morgan fingerprint density at radius 2 is 2.22 bits per heavy atom. The molecule has 0 atom stereocenters. The third kappa shape index (κ3) is 2.71. The maximum Gasteiger partial charge on any atom is 0.257 e. The summed E-state index contributed by atoms with van der Waals surface area (Å²) in [6.07, 6.45) is 1.55. The van der Waals surface area contributed by atoms with Crippen LogP contribution in [-0.4, -0.2) is 22.8 Å². The number of aromatic nitrogens is 1. The smallest absolute Gasteiger partial charge is 0.257 e. The van der Waals surface area contributed by atoms with Gasteiger partial charge in [-0.3, -0.25) is 4.79 Å². The Bertz CT molecular complexity index is 566. The van der Waals surface area contributed by atoms with Crippen molar-refractivity contribution in [2.45, 2.75) is 13.5 Å². The molecule has 94 valence electrons. The van der Waals surface area contributed by atoms with Gasteiger partial charge in [-0.1, -0.05) is 11.6 Å². The van der Waals surface area contributed by atoms with Gasteiger partial charge in [-0.05, 0) is 31.2 Å². The van der Waals surface area contributed by atoms with E-state index in [9.17, 15) is 4.79 Å². The largest absolute Gasteiger partial charge is 0.464 e. The fourth-order valence-corrected chi connectivity index (χ4v) is 1.83. The standard InChI is InChI=1S/C13H13ClN2O2/c1-9-5-6-10(18-9)8-16(2)13(17)11-4-3-7-15-12(11)14/h3-7H,8H2,1-2H3. The van der Waals surface area contributed by atoms with Crippen LogP contribution in [0.4, 0.5) is 0 Å². The fraction of sp³-hybridized carbons (Fsp3) is 0.231. The molecule has 5 heteroatoms. The normalized spacial score (nSPS) is 10.4. The van der Waals surface area contributed by atoms with Gasteiger partial charge in [0.15, 0.2) is 0 Å². The van der Waals surface area contributed by atoms with Crippen molar-refractivity contribution in [3.63, 3.8) is 0 Å². The summed E-state index contributed by atoms with van der Waals surface area (Å²) < 4.78 is 5.43. The summed E-state index contributed by atoms with van der Waals surface area (Å²) in [6.45, 7) is 2.27. The molecule has 2 aromatic heterocycles. The Morgan fingerprint density at radius 1 is 1.44 bits per heavy atom. The molecular formula is C13H13ClN2O2. The molecule has 0 unspecified atom stereocenters. The van der Waals surface area contributed by atoms with Crippen LogP contribution in [0.15, 0.2) is 34.9 Å². The van der Waals surface area contributed by atoms with E-state index in [1.807, 2.05) is 19.1 Å². The second-order valence-corrected chi connectivity index (χ2v) is 4.37. The summed E-state index contributed by atoms with van der Waals surface area (Å²) in [5.74, 6) is 1.38. The van der Waals surface area contributed by atoms with Gasteiger partial charge in [-0.25, -0.2) is 4.98 Å². The highest BCUT2D eigenvalue weighted by Crippen LogP contribution is 2.15. The predicted octanol–water partition coefficient (Wildman–Crippen LogP) is 2.91. The molecule has 0 fully saturated rings. The summed E-state index contributed by atoms with van der Waals surface area (Å²) in [6, 6.07) is 7.06. The van der Waals surface area contributed by atoms with E-state index in [-0.39, 0.29) is 11.1 Å². The van der Waals surface area contributed by atoms with Crippen molar-refractivity contribution in [3.8, 4) is 0 Å². The molecule has 0 saturated carbocycles. The van der Waals surface area contributed by atoms with E-state index in [1.54, 1.807) is 30.3 Å². The number of hydrogen-bond donors (Lipinski definition) is 0. The van der Waals surface area contributed by atoms with Crippen LogP contribution in [0.2, 0.25) is 5.15 Å². The van der Waals surface area contributed by atoms with E-state index in [0.29, 0.717) is 12.1 Å². The molecular weight excluding hydrogens is 252 g/mol. The zero-order chi connectivity index (χ0) is 13.1. The minimum Gasteiger partial charge on any atom is -0.464 e. The lowest BCUT2D eigenvalue weighted by molar-refractivity contribution is 0.0775. The van der Waals surface area contributed by atoms with E-state index in [2.05, 4.69) is 4.98 Å². The molecule has 0 radical (unpaired) electrons. The third-order valence-corrected chi connectivity index (χ3v) is 2.83. The highest BCUT2D eigenvalue weighted by Gasteiger charge is 2.16. The first-order valence-corrected chi connectivity index (χ1v) is 5.87. The summed E-state index contributed by atoms with van der Waals surface area (Å²) in [7, 11) is 1.70. The molecule has 2 rings (SSSR count). The van der Waals surface area contributed by atoms with Crippen LogP contribution in [0.5, 0.6) is 0 Å². The number of amides is 1. The van der Waals surface area contributed by atoms with Gasteiger partial charge in [0.2, 0.25) is 0 Å². The van der Waals surface area contributed by atoms with Crippen molar-refractivity contribution in [1.82, 2.24) is 9.88 Å². The van der Waals surface area contributed by atoms with Crippen molar-refractivity contribution < 1.29 is 9.21 Å². The Morgan fingerprint density at radius 3 is 2.83 bits per heavy atom. The zero-order valence-electron chi connectivity index (χ0n) is 10.2. The van der Waals surface area contributed by atoms with Crippen LogP contribution in [0, 0.1) is 6.92 Å². The molecule has 0 aromatic carbocycles. The summed E-state index contributed by atoms with van der Waals surface area (Å²) >= 11 is 5.89. The molecule has 0 aliphatic heterocycles. The molecule has 0 spiro atoms. The van der Waals surface area contributed by atoms with E-state index in [4.69, 9.17) is 16.0 Å². The van der Waals surface area contributed by atoms with Gasteiger partial charge in [-0.2, -0.15) is 0 Å². The lowest BCUT2D eigenvalue weighted by atomic mass is 10.2. The molecule has 1 amide bonds. The lowest BCUT2D eigenvalue weighted by Crippen LogP contribution is -2.26. The van der Waals surface area contributed by atoms with Crippen LogP contribution in [0.1, 0.15) is 21.9 Å². The molecule has 0 saturated heterocycles. The Hall–Kier alpha value is -1.81. The van der Waals surface area contributed by atoms with Crippen molar-refractivity contribution in [1.29, 1.82) is 0 Å². The van der Waals surface area contributed by atoms with Gasteiger partial charge in [-0.15, -0.1) is 0 Å². The molecule has 0 aliphatic carbocycles. The average Bonchev–Trinajstić information content (AvgIpc) is 2.74. The van der Waals surface area contributed by atoms with Gasteiger partial charge in [0.05, 0.1) is 12.1 Å². The molecule has 4 nitrogen and oxygen atoms in total. The summed E-state index contributed by atoms with van der Waals surface area (Å²) in [4.78, 5) is 17.6. The number of pyridine rings is 1. The molecule has 0 aliphatic rings. The SMILES string of the molecule is Cc1ccc(CN(C)C(=O)c2cccnc2Cl)o1. The number of hydrogen-bond acceptors (Lipinski definition) is 3. The van der Waals surface area contributed by atoms with Gasteiger partial charge in [0.25, 0.3) is 5.91 Å². The van der Waals surface area contributed by atoms with Gasteiger partial charge < -0.3 is 9.32 Å². The first kappa shape index (κ1) is 12.6. The second-order valence-electron chi connectivity index (χ2n) is 4.02. The Balaban J connectivity index is 2.12. The molecule has 2 aromatic rings. The number of nitrogens with zero attached hydrogens (tertiary/aromatic N) is 2. The van der Waals surface area contributed by atoms with Crippen LogP contribution in [0.3, 0.4) is 0 Å². The minimum atomic E-state index is -0.179. The summed E-state index contributed by atoms with van der Waals surface area (Å²) in [5.41, 5.74) is 0.393. The molecule has 0 N–H and O–H groups in total. The van der Waals surface area contributed by atoms with Gasteiger partial charge in [0.1, 0.15) is 16.7 Å².